The van der Waals surface area contributed by atoms with Crippen LogP contribution in [0.25, 0.3) is 0 Å². The molecule has 1 heterocycles. The van der Waals surface area contributed by atoms with E-state index in [2.05, 4.69) is 26.1 Å². The van der Waals surface area contributed by atoms with E-state index in [-0.39, 0.29) is 17.6 Å². The second-order valence-electron chi connectivity index (χ2n) is 7.01. The quantitative estimate of drug-likeness (QED) is 0.932. The minimum Gasteiger partial charge on any atom is -0.368 e. The van der Waals surface area contributed by atoms with Crippen LogP contribution in [0.5, 0.6) is 0 Å². The molecule has 2 atom stereocenters. The summed E-state index contributed by atoms with van der Waals surface area (Å²) in [7, 11) is -3.14. The fourth-order valence-corrected chi connectivity index (χ4v) is 3.26. The van der Waals surface area contributed by atoms with Crippen molar-refractivity contribution >= 4 is 9.84 Å². The Bertz CT molecular complexity index is 573. The van der Waals surface area contributed by atoms with E-state index >= 15 is 0 Å². The molecule has 0 saturated carbocycles. The molecular weight excluding hydrogens is 286 g/mol. The van der Waals surface area contributed by atoms with Gasteiger partial charge in [-0.15, -0.1) is 0 Å². The molecule has 1 aromatic rings. The first kappa shape index (κ1) is 16.5. The molecule has 0 aromatic heterocycles. The first-order valence-electron chi connectivity index (χ1n) is 7.31. The molecule has 0 radical (unpaired) electrons. The summed E-state index contributed by atoms with van der Waals surface area (Å²) in [6.07, 6.45) is 2.40. The zero-order valence-electron chi connectivity index (χ0n) is 13.2. The number of hydrogen-bond donors (Lipinski definition) is 1. The van der Waals surface area contributed by atoms with Gasteiger partial charge in [-0.25, -0.2) is 8.42 Å². The summed E-state index contributed by atoms with van der Waals surface area (Å²) in [4.78, 5) is 0.348. The third kappa shape index (κ3) is 4.80. The van der Waals surface area contributed by atoms with Crippen molar-refractivity contribution < 1.29 is 13.2 Å². The maximum Gasteiger partial charge on any atom is 0.175 e. The Kier molecular flexibility index (Phi) is 4.76. The van der Waals surface area contributed by atoms with Crippen LogP contribution >= 0.6 is 0 Å². The van der Waals surface area contributed by atoms with E-state index in [0.717, 1.165) is 25.1 Å². The van der Waals surface area contributed by atoms with Gasteiger partial charge in [-0.3, -0.25) is 0 Å². The maximum absolute atomic E-state index is 11.5. The summed E-state index contributed by atoms with van der Waals surface area (Å²) < 4.78 is 29.1. The van der Waals surface area contributed by atoms with Gasteiger partial charge in [0, 0.05) is 19.3 Å². The van der Waals surface area contributed by atoms with Crippen LogP contribution in [0.4, 0.5) is 0 Å². The molecule has 0 aliphatic carbocycles. The molecule has 0 amide bonds. The van der Waals surface area contributed by atoms with Gasteiger partial charge in [0.2, 0.25) is 0 Å². The molecule has 118 valence electrons. The van der Waals surface area contributed by atoms with E-state index in [4.69, 9.17) is 4.74 Å². The molecule has 1 aliphatic rings. The van der Waals surface area contributed by atoms with Crippen molar-refractivity contribution in [2.24, 2.45) is 5.41 Å². The number of rotatable bonds is 3. The molecule has 2 rings (SSSR count). The van der Waals surface area contributed by atoms with Crippen LogP contribution in [-0.4, -0.2) is 33.9 Å². The summed E-state index contributed by atoms with van der Waals surface area (Å²) in [6, 6.07) is 7.01. The van der Waals surface area contributed by atoms with E-state index in [9.17, 15) is 8.42 Å². The molecule has 1 saturated heterocycles. The van der Waals surface area contributed by atoms with Crippen LogP contribution in [0.2, 0.25) is 0 Å². The van der Waals surface area contributed by atoms with Gasteiger partial charge in [0.05, 0.1) is 17.1 Å². The third-order valence-corrected chi connectivity index (χ3v) is 4.71. The van der Waals surface area contributed by atoms with Gasteiger partial charge in [0.1, 0.15) is 0 Å². The zero-order valence-corrected chi connectivity index (χ0v) is 14.0. The summed E-state index contributed by atoms with van der Waals surface area (Å²) in [5.74, 6) is 0. The highest BCUT2D eigenvalue weighted by Crippen LogP contribution is 2.29. The first-order valence-corrected chi connectivity index (χ1v) is 9.20. The molecule has 1 fully saturated rings. The van der Waals surface area contributed by atoms with Crippen LogP contribution in [0.1, 0.15) is 38.9 Å². The van der Waals surface area contributed by atoms with Gasteiger partial charge in [-0.2, -0.15) is 0 Å². The fraction of sp³-hybridized carbons (Fsp3) is 0.625. The molecule has 1 aliphatic heterocycles. The van der Waals surface area contributed by atoms with Crippen molar-refractivity contribution in [3.63, 3.8) is 0 Å². The lowest BCUT2D eigenvalue weighted by atomic mass is 9.88. The Balaban J connectivity index is 2.08. The summed E-state index contributed by atoms with van der Waals surface area (Å²) in [5, 5.41) is 3.41. The van der Waals surface area contributed by atoms with E-state index in [1.807, 2.05) is 12.1 Å². The van der Waals surface area contributed by atoms with Gasteiger partial charge in [0.25, 0.3) is 0 Å². The average Bonchev–Trinajstić information content (AvgIpc) is 2.36. The molecule has 4 nitrogen and oxygen atoms in total. The molecule has 21 heavy (non-hydrogen) atoms. The number of benzene rings is 1. The lowest BCUT2D eigenvalue weighted by Crippen LogP contribution is -2.42. The Labute approximate surface area is 127 Å². The van der Waals surface area contributed by atoms with Crippen molar-refractivity contribution in [2.75, 3.05) is 19.3 Å². The molecule has 0 spiro atoms. The molecule has 0 bridgehead atoms. The van der Waals surface area contributed by atoms with Gasteiger partial charge < -0.3 is 10.1 Å². The molecular formula is C16H25NO3S. The topological polar surface area (TPSA) is 55.4 Å². The highest BCUT2D eigenvalue weighted by molar-refractivity contribution is 7.90. The Morgan fingerprint density at radius 1 is 1.19 bits per heavy atom. The van der Waals surface area contributed by atoms with Crippen molar-refractivity contribution in [1.29, 1.82) is 0 Å². The van der Waals surface area contributed by atoms with E-state index < -0.39 is 9.84 Å². The normalized spacial score (nSPS) is 24.0. The van der Waals surface area contributed by atoms with Crippen molar-refractivity contribution in [2.45, 2.75) is 44.3 Å². The predicted octanol–water partition coefficient (Wildman–Crippen LogP) is 2.56. The zero-order chi connectivity index (χ0) is 15.7. The summed E-state index contributed by atoms with van der Waals surface area (Å²) >= 11 is 0. The van der Waals surface area contributed by atoms with Crippen LogP contribution < -0.4 is 5.32 Å². The highest BCUT2D eigenvalue weighted by atomic mass is 32.2. The van der Waals surface area contributed by atoms with Gasteiger partial charge in [-0.1, -0.05) is 32.9 Å². The molecule has 2 unspecified atom stereocenters. The van der Waals surface area contributed by atoms with Crippen LogP contribution in [-0.2, 0) is 14.6 Å². The highest BCUT2D eigenvalue weighted by Gasteiger charge is 2.27. The molecule has 5 heteroatoms. The van der Waals surface area contributed by atoms with Gasteiger partial charge in [-0.05, 0) is 29.5 Å². The standard InChI is InChI=1S/C16H25NO3S/c1-16(2,3)9-13-10-17-11-15(20-13)12-5-7-14(8-6-12)21(4,18)19/h5-8,13,15,17H,9-11H2,1-4H3. The number of ether oxygens (including phenoxy) is 1. The monoisotopic (exact) mass is 311 g/mol. The van der Waals surface area contributed by atoms with Gasteiger partial charge in [0.15, 0.2) is 9.84 Å². The second-order valence-corrected chi connectivity index (χ2v) is 9.03. The molecule has 1 aromatic carbocycles. The number of sulfone groups is 1. The van der Waals surface area contributed by atoms with E-state index in [1.165, 1.54) is 6.26 Å². The fourth-order valence-electron chi connectivity index (χ4n) is 2.63. The lowest BCUT2D eigenvalue weighted by molar-refractivity contribution is -0.0552. The van der Waals surface area contributed by atoms with Gasteiger partial charge >= 0.3 is 0 Å². The lowest BCUT2D eigenvalue weighted by Gasteiger charge is -2.34. The van der Waals surface area contributed by atoms with E-state index in [1.54, 1.807) is 12.1 Å². The minimum atomic E-state index is -3.14. The SMILES string of the molecule is CC(C)(C)CC1CNCC(c2ccc(S(C)(=O)=O)cc2)O1. The summed E-state index contributed by atoms with van der Waals surface area (Å²) in [5.41, 5.74) is 1.25. The maximum atomic E-state index is 11.5. The Hall–Kier alpha value is -0.910. The first-order chi connectivity index (χ1) is 9.65. The number of hydrogen-bond acceptors (Lipinski definition) is 4. The van der Waals surface area contributed by atoms with Crippen molar-refractivity contribution in [3.8, 4) is 0 Å². The van der Waals surface area contributed by atoms with Crippen molar-refractivity contribution in [3.05, 3.63) is 29.8 Å². The van der Waals surface area contributed by atoms with E-state index in [0.29, 0.717) is 4.90 Å². The van der Waals surface area contributed by atoms with Crippen LogP contribution in [0.15, 0.2) is 29.2 Å². The molecule has 1 N–H and O–H groups in total. The minimum absolute atomic E-state index is 0.0142. The smallest absolute Gasteiger partial charge is 0.175 e. The number of morpholine rings is 1. The van der Waals surface area contributed by atoms with Crippen molar-refractivity contribution in [1.82, 2.24) is 5.32 Å². The summed E-state index contributed by atoms with van der Waals surface area (Å²) in [6.45, 7) is 8.26. The Morgan fingerprint density at radius 3 is 2.33 bits per heavy atom. The van der Waals surface area contributed by atoms with Crippen LogP contribution in [0.3, 0.4) is 0 Å². The third-order valence-electron chi connectivity index (χ3n) is 3.58. The predicted molar refractivity (Wildman–Crippen MR) is 84.1 cm³/mol. The largest absolute Gasteiger partial charge is 0.368 e. The van der Waals surface area contributed by atoms with Crippen LogP contribution in [0, 0.1) is 5.41 Å². The second kappa shape index (κ2) is 6.07. The Morgan fingerprint density at radius 2 is 1.81 bits per heavy atom. The average molecular weight is 311 g/mol. The number of nitrogens with one attached hydrogen (secondary N) is 1.